The molecule has 2 aliphatic rings. The lowest BCUT2D eigenvalue weighted by molar-refractivity contribution is -0.131. The second kappa shape index (κ2) is 11.5. The van der Waals surface area contributed by atoms with Crippen LogP contribution in [0.1, 0.15) is 31.7 Å². The molecule has 3 rings (SSSR count). The van der Waals surface area contributed by atoms with Gasteiger partial charge in [-0.25, -0.2) is 0 Å². The normalized spacial score (nSPS) is 21.5. The van der Waals surface area contributed by atoms with Crippen molar-refractivity contribution in [3.8, 4) is 0 Å². The van der Waals surface area contributed by atoms with Crippen molar-refractivity contribution in [2.75, 3.05) is 37.6 Å². The van der Waals surface area contributed by atoms with Crippen LogP contribution >= 0.6 is 24.8 Å². The van der Waals surface area contributed by atoms with Gasteiger partial charge in [0.2, 0.25) is 11.8 Å². The van der Waals surface area contributed by atoms with Crippen molar-refractivity contribution in [3.05, 3.63) is 29.8 Å². The van der Waals surface area contributed by atoms with Crippen LogP contribution in [0.5, 0.6) is 0 Å². The Morgan fingerprint density at radius 3 is 2.68 bits per heavy atom. The first kappa shape index (κ1) is 24.5. The lowest BCUT2D eigenvalue weighted by Gasteiger charge is -2.31. The maximum atomic E-state index is 12.6. The maximum Gasteiger partial charge on any atom is 0.224 e. The maximum absolute atomic E-state index is 12.6. The van der Waals surface area contributed by atoms with Crippen molar-refractivity contribution >= 4 is 42.3 Å². The van der Waals surface area contributed by atoms with E-state index >= 15 is 0 Å². The highest BCUT2D eigenvalue weighted by molar-refractivity contribution is 5.85. The topological polar surface area (TPSA) is 78.7 Å². The Morgan fingerprint density at radius 2 is 1.93 bits per heavy atom. The van der Waals surface area contributed by atoms with E-state index in [1.165, 1.54) is 11.3 Å². The molecule has 2 aliphatic heterocycles. The van der Waals surface area contributed by atoms with Crippen molar-refractivity contribution in [3.63, 3.8) is 0 Å². The second-order valence-electron chi connectivity index (χ2n) is 7.47. The van der Waals surface area contributed by atoms with Crippen LogP contribution in [0.2, 0.25) is 0 Å². The number of rotatable bonds is 4. The van der Waals surface area contributed by atoms with Crippen molar-refractivity contribution in [2.24, 2.45) is 11.7 Å². The second-order valence-corrected chi connectivity index (χ2v) is 7.47. The van der Waals surface area contributed by atoms with Gasteiger partial charge in [-0.05, 0) is 37.3 Å². The standard InChI is InChI=1S/C20H30N4O2.2ClH/c1-15(25)24-13-17(8-9-18(21)14-24)20(26)22-10-12-23-11-4-6-16-5-2-3-7-19(16)23;;/h2-3,5,7,17-18H,4,6,8-14,21H2,1H3,(H,22,26);2*1H/t17-,18+;;/m1../s1. The summed E-state index contributed by atoms with van der Waals surface area (Å²) in [5, 5.41) is 3.07. The van der Waals surface area contributed by atoms with Gasteiger partial charge in [-0.1, -0.05) is 18.2 Å². The molecule has 0 aromatic heterocycles. The highest BCUT2D eigenvalue weighted by Crippen LogP contribution is 2.26. The Kier molecular flexibility index (Phi) is 10.1. The number of likely N-dealkylation sites (tertiary alicyclic amines) is 1. The Labute approximate surface area is 180 Å². The zero-order valence-corrected chi connectivity index (χ0v) is 18.1. The van der Waals surface area contributed by atoms with E-state index in [1.807, 2.05) is 0 Å². The summed E-state index contributed by atoms with van der Waals surface area (Å²) >= 11 is 0. The summed E-state index contributed by atoms with van der Waals surface area (Å²) < 4.78 is 0. The number of nitrogens with one attached hydrogen (secondary N) is 1. The van der Waals surface area contributed by atoms with Crippen LogP contribution in [0.25, 0.3) is 0 Å². The largest absolute Gasteiger partial charge is 0.370 e. The van der Waals surface area contributed by atoms with E-state index in [0.717, 1.165) is 38.8 Å². The minimum atomic E-state index is -0.166. The fraction of sp³-hybridized carbons (Fsp3) is 0.600. The van der Waals surface area contributed by atoms with E-state index in [1.54, 1.807) is 11.8 Å². The fourth-order valence-electron chi connectivity index (χ4n) is 3.99. The Balaban J connectivity index is 0.00000196. The lowest BCUT2D eigenvalue weighted by atomic mass is 10.0. The number of aryl methyl sites for hydroxylation is 1. The van der Waals surface area contributed by atoms with E-state index < -0.39 is 0 Å². The number of nitrogens with two attached hydrogens (primary N) is 1. The molecule has 0 spiro atoms. The molecule has 1 aromatic rings. The number of carbonyl (C=O) groups is 2. The van der Waals surface area contributed by atoms with Gasteiger partial charge in [-0.2, -0.15) is 0 Å². The number of para-hydroxylation sites is 1. The molecular weight excluding hydrogens is 399 g/mol. The van der Waals surface area contributed by atoms with Crippen LogP contribution in [0.3, 0.4) is 0 Å². The van der Waals surface area contributed by atoms with Gasteiger partial charge in [0.25, 0.3) is 0 Å². The number of benzene rings is 1. The van der Waals surface area contributed by atoms with E-state index in [2.05, 4.69) is 34.5 Å². The summed E-state index contributed by atoms with van der Waals surface area (Å²) in [6.45, 7) is 5.02. The number of anilines is 1. The third-order valence-corrected chi connectivity index (χ3v) is 5.49. The highest BCUT2D eigenvalue weighted by atomic mass is 35.5. The summed E-state index contributed by atoms with van der Waals surface area (Å²) in [4.78, 5) is 28.4. The van der Waals surface area contributed by atoms with E-state index in [9.17, 15) is 9.59 Å². The van der Waals surface area contributed by atoms with Gasteiger partial charge in [0, 0.05) is 51.4 Å². The number of amides is 2. The van der Waals surface area contributed by atoms with E-state index in [4.69, 9.17) is 5.73 Å². The average Bonchev–Trinajstić information content (AvgIpc) is 2.84. The number of hydrogen-bond acceptors (Lipinski definition) is 4. The van der Waals surface area contributed by atoms with Gasteiger partial charge in [-0.15, -0.1) is 24.8 Å². The molecule has 2 amide bonds. The van der Waals surface area contributed by atoms with Crippen LogP contribution in [0.15, 0.2) is 24.3 Å². The van der Waals surface area contributed by atoms with Crippen molar-refractivity contribution in [1.29, 1.82) is 0 Å². The van der Waals surface area contributed by atoms with Gasteiger partial charge in [0.05, 0.1) is 5.92 Å². The molecule has 2 heterocycles. The van der Waals surface area contributed by atoms with Gasteiger partial charge >= 0.3 is 0 Å². The molecule has 1 aromatic carbocycles. The number of nitrogens with zero attached hydrogens (tertiary/aromatic N) is 2. The minimum absolute atomic E-state index is 0. The van der Waals surface area contributed by atoms with Crippen molar-refractivity contribution < 1.29 is 9.59 Å². The fourth-order valence-corrected chi connectivity index (χ4v) is 3.99. The number of hydrogen-bond donors (Lipinski definition) is 2. The molecule has 0 unspecified atom stereocenters. The summed E-state index contributed by atoms with van der Waals surface area (Å²) in [5.74, 6) is -0.137. The number of halogens is 2. The molecule has 28 heavy (non-hydrogen) atoms. The molecule has 0 bridgehead atoms. The van der Waals surface area contributed by atoms with Crippen LogP contribution < -0.4 is 16.0 Å². The monoisotopic (exact) mass is 430 g/mol. The van der Waals surface area contributed by atoms with Crippen LogP contribution in [-0.4, -0.2) is 55.5 Å². The third-order valence-electron chi connectivity index (χ3n) is 5.49. The third kappa shape index (κ3) is 6.26. The van der Waals surface area contributed by atoms with E-state index in [0.29, 0.717) is 19.6 Å². The minimum Gasteiger partial charge on any atom is -0.370 e. The first-order chi connectivity index (χ1) is 12.5. The van der Waals surface area contributed by atoms with Crippen LogP contribution in [0, 0.1) is 5.92 Å². The van der Waals surface area contributed by atoms with Crippen molar-refractivity contribution in [1.82, 2.24) is 10.2 Å². The van der Waals surface area contributed by atoms with Gasteiger partial charge in [0.1, 0.15) is 0 Å². The first-order valence-electron chi connectivity index (χ1n) is 9.66. The van der Waals surface area contributed by atoms with Gasteiger partial charge in [-0.3, -0.25) is 9.59 Å². The highest BCUT2D eigenvalue weighted by Gasteiger charge is 2.28. The Bertz CT molecular complexity index is 659. The Hall–Kier alpha value is -1.50. The van der Waals surface area contributed by atoms with Crippen LogP contribution in [-0.2, 0) is 16.0 Å². The molecular formula is C20H32Cl2N4O2. The summed E-state index contributed by atoms with van der Waals surface area (Å²) in [5.41, 5.74) is 8.71. The first-order valence-corrected chi connectivity index (χ1v) is 9.66. The predicted octanol–water partition coefficient (Wildman–Crippen LogP) is 1.98. The SMILES string of the molecule is CC(=O)N1C[C@@H](N)CC[C@@H](C(=O)NCCN2CCCc3ccccc32)C1.Cl.Cl. The van der Waals surface area contributed by atoms with Crippen molar-refractivity contribution in [2.45, 2.75) is 38.6 Å². The molecule has 8 heteroatoms. The lowest BCUT2D eigenvalue weighted by Crippen LogP contribution is -2.43. The molecule has 0 radical (unpaired) electrons. The molecule has 1 fully saturated rings. The Morgan fingerprint density at radius 1 is 1.18 bits per heavy atom. The predicted molar refractivity (Wildman–Crippen MR) is 117 cm³/mol. The average molecular weight is 431 g/mol. The van der Waals surface area contributed by atoms with Gasteiger partial charge < -0.3 is 20.9 Å². The zero-order chi connectivity index (χ0) is 18.5. The van der Waals surface area contributed by atoms with Crippen LogP contribution in [0.4, 0.5) is 5.69 Å². The molecule has 0 aliphatic carbocycles. The summed E-state index contributed by atoms with van der Waals surface area (Å²) in [6.07, 6.45) is 3.80. The summed E-state index contributed by atoms with van der Waals surface area (Å²) in [6, 6.07) is 8.46. The zero-order valence-electron chi connectivity index (χ0n) is 16.4. The molecule has 6 nitrogen and oxygen atoms in total. The molecule has 2 atom stereocenters. The molecule has 158 valence electrons. The summed E-state index contributed by atoms with van der Waals surface area (Å²) in [7, 11) is 0. The number of fused-ring (bicyclic) bond motifs is 1. The molecule has 3 N–H and O–H groups in total. The molecule has 0 saturated carbocycles. The number of carbonyl (C=O) groups excluding carboxylic acids is 2. The van der Waals surface area contributed by atoms with Gasteiger partial charge in [0.15, 0.2) is 0 Å². The molecule has 1 saturated heterocycles. The smallest absolute Gasteiger partial charge is 0.224 e. The van der Waals surface area contributed by atoms with E-state index in [-0.39, 0.29) is 48.6 Å². The quantitative estimate of drug-likeness (QED) is 0.765.